The standard InChI is InChI=1S/C21H28N6S/c1-14(11-19-15(2)26-27(5)16(19)3)24-21(22-4)23-12-18-13-28-20(25-18)17-9-7-6-8-10-17/h6-10,13-14H,11-12H2,1-5H3,(H2,22,23,24). The van der Waals surface area contributed by atoms with Crippen LogP contribution in [0.1, 0.15) is 29.6 Å². The van der Waals surface area contributed by atoms with Gasteiger partial charge in [-0.05, 0) is 32.8 Å². The van der Waals surface area contributed by atoms with Crippen molar-refractivity contribution >= 4 is 17.3 Å². The van der Waals surface area contributed by atoms with E-state index < -0.39 is 0 Å². The van der Waals surface area contributed by atoms with E-state index in [1.165, 1.54) is 11.3 Å². The van der Waals surface area contributed by atoms with E-state index in [0.717, 1.165) is 34.3 Å². The second kappa shape index (κ2) is 9.01. The van der Waals surface area contributed by atoms with E-state index in [1.54, 1.807) is 18.4 Å². The van der Waals surface area contributed by atoms with Crippen molar-refractivity contribution < 1.29 is 0 Å². The molecule has 0 saturated heterocycles. The first kappa shape index (κ1) is 20.1. The Morgan fingerprint density at radius 2 is 2.00 bits per heavy atom. The molecule has 0 aliphatic heterocycles. The largest absolute Gasteiger partial charge is 0.354 e. The summed E-state index contributed by atoms with van der Waals surface area (Å²) >= 11 is 1.66. The number of hydrogen-bond acceptors (Lipinski definition) is 4. The lowest BCUT2D eigenvalue weighted by molar-refractivity contribution is 0.634. The van der Waals surface area contributed by atoms with Crippen LogP contribution in [0.4, 0.5) is 0 Å². The lowest BCUT2D eigenvalue weighted by Crippen LogP contribution is -2.42. The van der Waals surface area contributed by atoms with Gasteiger partial charge < -0.3 is 10.6 Å². The minimum absolute atomic E-state index is 0.239. The average molecular weight is 397 g/mol. The summed E-state index contributed by atoms with van der Waals surface area (Å²) in [5.74, 6) is 0.779. The fourth-order valence-electron chi connectivity index (χ4n) is 3.17. The first-order valence-corrected chi connectivity index (χ1v) is 10.3. The van der Waals surface area contributed by atoms with E-state index in [2.05, 4.69) is 59.0 Å². The fraction of sp³-hybridized carbons (Fsp3) is 0.381. The van der Waals surface area contributed by atoms with E-state index in [1.807, 2.05) is 29.9 Å². The van der Waals surface area contributed by atoms with Gasteiger partial charge in [0, 0.05) is 36.8 Å². The van der Waals surface area contributed by atoms with Crippen molar-refractivity contribution in [1.82, 2.24) is 25.4 Å². The Bertz CT molecular complexity index is 941. The van der Waals surface area contributed by atoms with E-state index in [4.69, 9.17) is 4.98 Å². The maximum atomic E-state index is 4.72. The molecule has 148 valence electrons. The molecule has 0 saturated carbocycles. The molecular weight excluding hydrogens is 368 g/mol. The smallest absolute Gasteiger partial charge is 0.191 e. The first-order chi connectivity index (χ1) is 13.5. The third kappa shape index (κ3) is 4.78. The van der Waals surface area contributed by atoms with Gasteiger partial charge in [-0.15, -0.1) is 11.3 Å². The highest BCUT2D eigenvalue weighted by atomic mass is 32.1. The van der Waals surface area contributed by atoms with E-state index in [0.29, 0.717) is 6.54 Å². The van der Waals surface area contributed by atoms with Crippen LogP contribution in [0.5, 0.6) is 0 Å². The summed E-state index contributed by atoms with van der Waals surface area (Å²) < 4.78 is 1.94. The van der Waals surface area contributed by atoms with Gasteiger partial charge in [0.05, 0.1) is 17.9 Å². The lowest BCUT2D eigenvalue weighted by Gasteiger charge is -2.18. The summed E-state index contributed by atoms with van der Waals surface area (Å²) in [5, 5.41) is 14.5. The zero-order valence-electron chi connectivity index (χ0n) is 17.2. The number of thiazole rings is 1. The Morgan fingerprint density at radius 1 is 1.25 bits per heavy atom. The van der Waals surface area contributed by atoms with Crippen LogP contribution in [-0.2, 0) is 20.0 Å². The first-order valence-electron chi connectivity index (χ1n) is 9.44. The molecule has 1 unspecified atom stereocenters. The minimum atomic E-state index is 0.239. The molecule has 1 aromatic carbocycles. The molecule has 7 heteroatoms. The normalized spacial score (nSPS) is 12.8. The molecule has 1 atom stereocenters. The number of benzene rings is 1. The highest BCUT2D eigenvalue weighted by Crippen LogP contribution is 2.23. The molecule has 0 bridgehead atoms. The monoisotopic (exact) mass is 396 g/mol. The topological polar surface area (TPSA) is 67.1 Å². The number of aryl methyl sites for hydroxylation is 2. The number of aliphatic imine (C=N–C) groups is 1. The van der Waals surface area contributed by atoms with Crippen molar-refractivity contribution in [3.8, 4) is 10.6 Å². The van der Waals surface area contributed by atoms with Gasteiger partial charge in [-0.25, -0.2) is 4.98 Å². The van der Waals surface area contributed by atoms with Gasteiger partial charge in [-0.1, -0.05) is 30.3 Å². The van der Waals surface area contributed by atoms with E-state index in [9.17, 15) is 0 Å². The lowest BCUT2D eigenvalue weighted by atomic mass is 10.1. The zero-order valence-corrected chi connectivity index (χ0v) is 18.0. The van der Waals surface area contributed by atoms with Crippen LogP contribution >= 0.6 is 11.3 Å². The molecule has 28 heavy (non-hydrogen) atoms. The van der Waals surface area contributed by atoms with Gasteiger partial charge >= 0.3 is 0 Å². The average Bonchev–Trinajstić information content (AvgIpc) is 3.26. The molecule has 0 radical (unpaired) electrons. The summed E-state index contributed by atoms with van der Waals surface area (Å²) in [6.45, 7) is 6.98. The summed E-state index contributed by atoms with van der Waals surface area (Å²) in [4.78, 5) is 9.07. The Labute approximate surface area is 170 Å². The van der Waals surface area contributed by atoms with E-state index in [-0.39, 0.29) is 6.04 Å². The molecule has 2 heterocycles. The molecule has 0 aliphatic rings. The van der Waals surface area contributed by atoms with Crippen molar-refractivity contribution in [3.63, 3.8) is 0 Å². The Kier molecular flexibility index (Phi) is 6.46. The SMILES string of the molecule is CN=C(NCc1csc(-c2ccccc2)n1)NC(C)Cc1c(C)nn(C)c1C. The predicted octanol–water partition coefficient (Wildman–Crippen LogP) is 3.46. The molecule has 3 rings (SSSR count). The predicted molar refractivity (Wildman–Crippen MR) is 117 cm³/mol. The van der Waals surface area contributed by atoms with Crippen molar-refractivity contribution in [2.45, 2.75) is 39.8 Å². The molecule has 2 aromatic heterocycles. The highest BCUT2D eigenvalue weighted by molar-refractivity contribution is 7.13. The van der Waals surface area contributed by atoms with Gasteiger partial charge in [0.15, 0.2) is 5.96 Å². The quantitative estimate of drug-likeness (QED) is 0.495. The van der Waals surface area contributed by atoms with Crippen LogP contribution in [0.3, 0.4) is 0 Å². The third-order valence-corrected chi connectivity index (χ3v) is 5.73. The Morgan fingerprint density at radius 3 is 2.64 bits per heavy atom. The molecular formula is C21H28N6S. The van der Waals surface area contributed by atoms with Crippen LogP contribution < -0.4 is 10.6 Å². The van der Waals surface area contributed by atoms with Crippen LogP contribution in [-0.4, -0.2) is 33.8 Å². The van der Waals surface area contributed by atoms with Crippen LogP contribution in [0.25, 0.3) is 10.6 Å². The van der Waals surface area contributed by atoms with Gasteiger partial charge in [0.1, 0.15) is 5.01 Å². The number of hydrogen-bond donors (Lipinski definition) is 2. The third-order valence-electron chi connectivity index (χ3n) is 4.79. The van der Waals surface area contributed by atoms with Crippen LogP contribution in [0, 0.1) is 13.8 Å². The van der Waals surface area contributed by atoms with Gasteiger partial charge in [-0.3, -0.25) is 9.67 Å². The van der Waals surface area contributed by atoms with Crippen LogP contribution in [0.2, 0.25) is 0 Å². The molecule has 0 fully saturated rings. The van der Waals surface area contributed by atoms with Gasteiger partial charge in [0.25, 0.3) is 0 Å². The molecule has 0 spiro atoms. The molecule has 3 aromatic rings. The van der Waals surface area contributed by atoms with Crippen molar-refractivity contribution in [2.75, 3.05) is 7.05 Å². The molecule has 2 N–H and O–H groups in total. The summed E-state index contributed by atoms with van der Waals surface area (Å²) in [7, 11) is 3.78. The maximum Gasteiger partial charge on any atom is 0.191 e. The summed E-state index contributed by atoms with van der Waals surface area (Å²) in [6, 6.07) is 10.5. The molecule has 0 amide bonds. The zero-order chi connectivity index (χ0) is 20.1. The highest BCUT2D eigenvalue weighted by Gasteiger charge is 2.14. The van der Waals surface area contributed by atoms with Gasteiger partial charge in [0.2, 0.25) is 0 Å². The summed E-state index contributed by atoms with van der Waals surface area (Å²) in [6.07, 6.45) is 0.904. The minimum Gasteiger partial charge on any atom is -0.354 e. The fourth-order valence-corrected chi connectivity index (χ4v) is 4.00. The van der Waals surface area contributed by atoms with Crippen LogP contribution in [0.15, 0.2) is 40.7 Å². The van der Waals surface area contributed by atoms with E-state index >= 15 is 0 Å². The Hall–Kier alpha value is -2.67. The summed E-state index contributed by atoms with van der Waals surface area (Å²) in [5.41, 5.74) is 5.76. The number of nitrogens with zero attached hydrogens (tertiary/aromatic N) is 4. The second-order valence-electron chi connectivity index (χ2n) is 6.96. The van der Waals surface area contributed by atoms with Crippen molar-refractivity contribution in [3.05, 3.63) is 58.4 Å². The Balaban J connectivity index is 1.55. The molecule has 6 nitrogen and oxygen atoms in total. The van der Waals surface area contributed by atoms with Crippen molar-refractivity contribution in [2.24, 2.45) is 12.0 Å². The number of aromatic nitrogens is 3. The number of rotatable bonds is 6. The van der Waals surface area contributed by atoms with Gasteiger partial charge in [-0.2, -0.15) is 5.10 Å². The van der Waals surface area contributed by atoms with Crippen molar-refractivity contribution in [1.29, 1.82) is 0 Å². The number of nitrogens with one attached hydrogen (secondary N) is 2. The molecule has 0 aliphatic carbocycles. The second-order valence-corrected chi connectivity index (χ2v) is 7.82. The maximum absolute atomic E-state index is 4.72. The number of guanidine groups is 1.